The van der Waals surface area contributed by atoms with Gasteiger partial charge < -0.3 is 5.32 Å². The molecule has 0 aromatic rings. The predicted octanol–water partition coefficient (Wildman–Crippen LogP) is -1.21. The molecule has 0 aromatic heterocycles. The van der Waals surface area contributed by atoms with E-state index in [1.54, 1.807) is 0 Å². The van der Waals surface area contributed by atoms with Crippen molar-refractivity contribution in [1.29, 1.82) is 0 Å². The van der Waals surface area contributed by atoms with Gasteiger partial charge in [0, 0.05) is 12.6 Å². The van der Waals surface area contributed by atoms with E-state index in [1.807, 2.05) is 0 Å². The van der Waals surface area contributed by atoms with Crippen molar-refractivity contribution in [3.8, 4) is 0 Å². The van der Waals surface area contributed by atoms with Crippen LogP contribution in [-0.2, 0) is 10.2 Å². The van der Waals surface area contributed by atoms with Crippen LogP contribution in [0.5, 0.6) is 0 Å². The molecule has 13 heavy (non-hydrogen) atoms. The van der Waals surface area contributed by atoms with E-state index in [1.165, 1.54) is 0 Å². The maximum absolute atomic E-state index is 11.0. The Balaban J connectivity index is 1.95. The first kappa shape index (κ1) is 9.39. The third kappa shape index (κ3) is 2.19. The molecule has 0 aliphatic carbocycles. The molecule has 2 saturated heterocycles. The van der Waals surface area contributed by atoms with Crippen LogP contribution in [0, 0.1) is 5.92 Å². The minimum atomic E-state index is -3.17. The fourth-order valence-corrected chi connectivity index (χ4v) is 3.15. The molecule has 1 atom stereocenters. The molecule has 3 N–H and O–H groups in total. The zero-order valence-corrected chi connectivity index (χ0v) is 8.23. The van der Waals surface area contributed by atoms with E-state index in [0.29, 0.717) is 12.5 Å². The first-order chi connectivity index (χ1) is 6.17. The van der Waals surface area contributed by atoms with Crippen LogP contribution < -0.4 is 14.8 Å². The van der Waals surface area contributed by atoms with Gasteiger partial charge in [0.1, 0.15) is 0 Å². The zero-order valence-electron chi connectivity index (χ0n) is 7.41. The fourth-order valence-electron chi connectivity index (χ4n) is 1.99. The molecule has 0 saturated carbocycles. The topological polar surface area (TPSA) is 70.2 Å². The Morgan fingerprint density at radius 1 is 1.15 bits per heavy atom. The van der Waals surface area contributed by atoms with Crippen LogP contribution in [0.25, 0.3) is 0 Å². The first-order valence-corrected chi connectivity index (χ1v) is 6.13. The number of hydrogen-bond donors (Lipinski definition) is 3. The monoisotopic (exact) mass is 205 g/mol. The van der Waals surface area contributed by atoms with Crippen molar-refractivity contribution in [2.24, 2.45) is 5.92 Å². The third-order valence-electron chi connectivity index (χ3n) is 2.75. The highest BCUT2D eigenvalue weighted by Crippen LogP contribution is 2.18. The van der Waals surface area contributed by atoms with Crippen molar-refractivity contribution in [3.63, 3.8) is 0 Å². The number of hydrogen-bond acceptors (Lipinski definition) is 3. The smallest absolute Gasteiger partial charge is 0.277 e. The normalized spacial score (nSPS) is 34.9. The van der Waals surface area contributed by atoms with Crippen LogP contribution in [-0.4, -0.2) is 34.1 Å². The van der Waals surface area contributed by atoms with Gasteiger partial charge >= 0.3 is 0 Å². The molecule has 0 amide bonds. The summed E-state index contributed by atoms with van der Waals surface area (Å²) in [6, 6.07) is 0.104. The van der Waals surface area contributed by atoms with Gasteiger partial charge in [0.25, 0.3) is 10.2 Å². The number of piperidine rings is 1. The molecule has 5 nitrogen and oxygen atoms in total. The standard InChI is InChI=1S/C7H15N3O2S/c11-13(12)9-5-7(10-13)6-1-3-8-4-2-6/h6-10H,1-5H2. The molecule has 6 heteroatoms. The minimum absolute atomic E-state index is 0.104. The Bertz CT molecular complexity index is 271. The fraction of sp³-hybridized carbons (Fsp3) is 1.00. The summed E-state index contributed by atoms with van der Waals surface area (Å²) in [5, 5.41) is 3.26. The van der Waals surface area contributed by atoms with E-state index >= 15 is 0 Å². The Morgan fingerprint density at radius 2 is 1.85 bits per heavy atom. The molecular formula is C7H15N3O2S. The molecular weight excluding hydrogens is 190 g/mol. The lowest BCUT2D eigenvalue weighted by Crippen LogP contribution is -2.40. The number of nitrogens with one attached hydrogen (secondary N) is 3. The highest BCUT2D eigenvalue weighted by molar-refractivity contribution is 7.87. The Morgan fingerprint density at radius 3 is 2.38 bits per heavy atom. The maximum Gasteiger partial charge on any atom is 0.277 e. The van der Waals surface area contributed by atoms with Gasteiger partial charge in [0.2, 0.25) is 0 Å². The largest absolute Gasteiger partial charge is 0.317 e. The molecule has 2 aliphatic heterocycles. The molecule has 76 valence electrons. The summed E-state index contributed by atoms with van der Waals surface area (Å²) in [6.07, 6.45) is 2.13. The Labute approximate surface area is 78.5 Å². The lowest BCUT2D eigenvalue weighted by Gasteiger charge is -2.26. The lowest BCUT2D eigenvalue weighted by atomic mass is 9.91. The van der Waals surface area contributed by atoms with E-state index in [0.717, 1.165) is 25.9 Å². The first-order valence-electron chi connectivity index (χ1n) is 4.65. The number of rotatable bonds is 1. The van der Waals surface area contributed by atoms with Crippen LogP contribution in [0.3, 0.4) is 0 Å². The summed E-state index contributed by atoms with van der Waals surface area (Å²) in [6.45, 7) is 2.55. The van der Waals surface area contributed by atoms with Gasteiger partial charge in [0.15, 0.2) is 0 Å². The molecule has 0 aromatic carbocycles. The van der Waals surface area contributed by atoms with Crippen molar-refractivity contribution < 1.29 is 8.42 Å². The van der Waals surface area contributed by atoms with Crippen molar-refractivity contribution >= 4 is 10.2 Å². The van der Waals surface area contributed by atoms with Crippen molar-refractivity contribution in [1.82, 2.24) is 14.8 Å². The van der Waals surface area contributed by atoms with Gasteiger partial charge in [0.05, 0.1) is 0 Å². The van der Waals surface area contributed by atoms with E-state index in [2.05, 4.69) is 14.8 Å². The molecule has 2 rings (SSSR count). The molecule has 2 aliphatic rings. The van der Waals surface area contributed by atoms with Crippen LogP contribution >= 0.6 is 0 Å². The second-order valence-electron chi connectivity index (χ2n) is 3.66. The molecule has 2 fully saturated rings. The summed E-state index contributed by atoms with van der Waals surface area (Å²) >= 11 is 0. The van der Waals surface area contributed by atoms with Gasteiger partial charge in [-0.15, -0.1) is 0 Å². The highest BCUT2D eigenvalue weighted by atomic mass is 32.2. The van der Waals surface area contributed by atoms with E-state index < -0.39 is 10.2 Å². The average molecular weight is 205 g/mol. The van der Waals surface area contributed by atoms with E-state index in [4.69, 9.17) is 0 Å². The lowest BCUT2D eigenvalue weighted by molar-refractivity contribution is 0.314. The summed E-state index contributed by atoms with van der Waals surface area (Å²) in [7, 11) is -3.17. The van der Waals surface area contributed by atoms with Gasteiger partial charge in [-0.2, -0.15) is 13.1 Å². The maximum atomic E-state index is 11.0. The minimum Gasteiger partial charge on any atom is -0.317 e. The Kier molecular flexibility index (Phi) is 2.55. The summed E-state index contributed by atoms with van der Waals surface area (Å²) in [4.78, 5) is 0. The second kappa shape index (κ2) is 3.53. The molecule has 0 spiro atoms. The van der Waals surface area contributed by atoms with Crippen molar-refractivity contribution in [3.05, 3.63) is 0 Å². The molecule has 2 heterocycles. The van der Waals surface area contributed by atoms with Crippen molar-refractivity contribution in [2.75, 3.05) is 19.6 Å². The Hall–Kier alpha value is -0.170. The van der Waals surface area contributed by atoms with E-state index in [9.17, 15) is 8.42 Å². The summed E-state index contributed by atoms with van der Waals surface area (Å²) < 4.78 is 27.2. The quantitative estimate of drug-likeness (QED) is 0.503. The van der Waals surface area contributed by atoms with Crippen LogP contribution in [0.15, 0.2) is 0 Å². The van der Waals surface area contributed by atoms with Crippen LogP contribution in [0.1, 0.15) is 12.8 Å². The third-order valence-corrected chi connectivity index (χ3v) is 3.91. The van der Waals surface area contributed by atoms with Crippen LogP contribution in [0.2, 0.25) is 0 Å². The molecule has 0 radical (unpaired) electrons. The van der Waals surface area contributed by atoms with Crippen molar-refractivity contribution in [2.45, 2.75) is 18.9 Å². The van der Waals surface area contributed by atoms with Gasteiger partial charge in [-0.25, -0.2) is 4.72 Å². The zero-order chi connectivity index (χ0) is 9.31. The molecule has 1 unspecified atom stereocenters. The van der Waals surface area contributed by atoms with Gasteiger partial charge in [-0.05, 0) is 31.8 Å². The average Bonchev–Trinajstić information content (AvgIpc) is 2.48. The SMILES string of the molecule is O=S1(=O)NCC(C2CCNCC2)N1. The van der Waals surface area contributed by atoms with E-state index in [-0.39, 0.29) is 6.04 Å². The second-order valence-corrected chi connectivity index (χ2v) is 5.19. The molecule has 0 bridgehead atoms. The van der Waals surface area contributed by atoms with Gasteiger partial charge in [-0.3, -0.25) is 0 Å². The van der Waals surface area contributed by atoms with Crippen LogP contribution in [0.4, 0.5) is 0 Å². The summed E-state index contributed by atoms with van der Waals surface area (Å²) in [5.74, 6) is 0.492. The highest BCUT2D eigenvalue weighted by Gasteiger charge is 2.32. The predicted molar refractivity (Wildman–Crippen MR) is 49.4 cm³/mol. The van der Waals surface area contributed by atoms with Gasteiger partial charge in [-0.1, -0.05) is 0 Å². The summed E-state index contributed by atoms with van der Waals surface area (Å²) in [5.41, 5.74) is 0.